The molecule has 2 nitrogen and oxygen atoms in total. The highest BCUT2D eigenvalue weighted by atomic mass is 127. The maximum absolute atomic E-state index is 10.6. The summed E-state index contributed by atoms with van der Waals surface area (Å²) in [4.78, 5) is 10.6. The molecule has 0 saturated heterocycles. The van der Waals surface area contributed by atoms with Gasteiger partial charge >= 0.3 is 0 Å². The van der Waals surface area contributed by atoms with Gasteiger partial charge in [-0.2, -0.15) is 0 Å². The molecule has 0 radical (unpaired) electrons. The van der Waals surface area contributed by atoms with Crippen molar-refractivity contribution in [3.8, 4) is 0 Å². The van der Waals surface area contributed by atoms with Crippen molar-refractivity contribution in [2.45, 2.75) is 23.2 Å². The van der Waals surface area contributed by atoms with E-state index >= 15 is 0 Å². The van der Waals surface area contributed by atoms with Gasteiger partial charge in [0.25, 0.3) is 0 Å². The van der Waals surface area contributed by atoms with E-state index in [0.717, 1.165) is 0 Å². The first kappa shape index (κ1) is 9.42. The number of carbonyl (C=O) groups is 1. The molecular weight excluding hydrogens is 245 g/mol. The van der Waals surface area contributed by atoms with Crippen LogP contribution in [0.25, 0.3) is 0 Å². The van der Waals surface area contributed by atoms with Crippen molar-refractivity contribution in [1.82, 2.24) is 0 Å². The van der Waals surface area contributed by atoms with Crippen molar-refractivity contribution < 1.29 is 4.79 Å². The lowest BCUT2D eigenvalue weighted by Gasteiger charge is -2.19. The molecule has 1 unspecified atom stereocenters. The van der Waals surface area contributed by atoms with Crippen LogP contribution in [0, 0.1) is 0 Å². The first-order valence-corrected chi connectivity index (χ1v) is 7.61. The molecule has 4 heteroatoms. The minimum absolute atomic E-state index is 0.0649. The molecule has 2 N–H and O–H groups in total. The van der Waals surface area contributed by atoms with Crippen LogP contribution < -0.4 is 5.73 Å². The van der Waals surface area contributed by atoms with Gasteiger partial charge in [-0.3, -0.25) is 4.79 Å². The van der Waals surface area contributed by atoms with Crippen molar-refractivity contribution in [3.63, 3.8) is 0 Å². The van der Waals surface area contributed by atoms with Crippen LogP contribution in [-0.4, -0.2) is 17.5 Å². The Balaban J connectivity index is 4.04. The fourth-order valence-corrected chi connectivity index (χ4v) is 1.28. The third-order valence-electron chi connectivity index (χ3n) is 1.01. The summed E-state index contributed by atoms with van der Waals surface area (Å²) in [7, 11) is -1.31. The number of hydrogen-bond donors (Lipinski definition) is 1. The van der Waals surface area contributed by atoms with E-state index in [1.807, 2.05) is 0 Å². The molecule has 0 aromatic carbocycles. The molecule has 54 valence electrons. The molecule has 0 aromatic rings. The van der Waals surface area contributed by atoms with Gasteiger partial charge in [0.05, 0.1) is 11.6 Å². The number of nitrogens with two attached hydrogens (primary N) is 1. The average molecular weight is 257 g/mol. The molecule has 0 rings (SSSR count). The highest BCUT2D eigenvalue weighted by Gasteiger charge is 2.28. The fourth-order valence-electron chi connectivity index (χ4n) is 0.427. The summed E-state index contributed by atoms with van der Waals surface area (Å²) >= 11 is 2.13. The van der Waals surface area contributed by atoms with Gasteiger partial charge in [-0.05, 0) is 0 Å². The molecule has 0 saturated carbocycles. The number of carbonyl (C=O) groups excluding carboxylic acids is 1. The number of amides is 1. The molecule has 1 atom stereocenters. The van der Waals surface area contributed by atoms with E-state index in [9.17, 15) is 4.79 Å². The Morgan fingerprint density at radius 3 is 1.89 bits per heavy atom. The zero-order valence-electron chi connectivity index (χ0n) is 5.94. The molecule has 1 amide bonds. The first-order valence-electron chi connectivity index (χ1n) is 2.79. The summed E-state index contributed by atoms with van der Waals surface area (Å²) < 4.78 is 0.0649. The second kappa shape index (κ2) is 3.00. The Kier molecular flexibility index (Phi) is 3.14. The van der Waals surface area contributed by atoms with Gasteiger partial charge in [0.1, 0.15) is 0 Å². The van der Waals surface area contributed by atoms with Crippen LogP contribution in [0.1, 0.15) is 0 Å². The predicted octanol–water partition coefficient (Wildman–Crippen LogP) is 1.15. The standard InChI is InChI=1S/C5H12INOSi/c1-9(2,3)4(6)5(7)8/h4H,1-3H3,(H2,7,8). The molecule has 0 aliphatic rings. The minimum atomic E-state index is -1.31. The number of halogens is 1. The summed E-state index contributed by atoms with van der Waals surface area (Å²) in [5.41, 5.74) is 5.11. The zero-order valence-corrected chi connectivity index (χ0v) is 9.10. The van der Waals surface area contributed by atoms with Gasteiger partial charge in [0.2, 0.25) is 5.91 Å². The normalized spacial score (nSPS) is 15.1. The van der Waals surface area contributed by atoms with Crippen LogP contribution in [0.15, 0.2) is 0 Å². The summed E-state index contributed by atoms with van der Waals surface area (Å²) in [6.45, 7) is 6.40. The van der Waals surface area contributed by atoms with Crippen LogP contribution >= 0.6 is 22.6 Å². The second-order valence-corrected chi connectivity index (χ2v) is 10.9. The maximum Gasteiger partial charge on any atom is 0.227 e. The number of primary amides is 1. The monoisotopic (exact) mass is 257 g/mol. The van der Waals surface area contributed by atoms with Crippen LogP contribution in [0.3, 0.4) is 0 Å². The highest BCUT2D eigenvalue weighted by Crippen LogP contribution is 2.15. The minimum Gasteiger partial charge on any atom is -0.369 e. The third-order valence-corrected chi connectivity index (χ3v) is 9.03. The lowest BCUT2D eigenvalue weighted by atomic mass is 10.8. The van der Waals surface area contributed by atoms with E-state index in [1.165, 1.54) is 0 Å². The molecule has 0 aromatic heterocycles. The maximum atomic E-state index is 10.6. The molecule has 0 aliphatic carbocycles. The Labute approximate surface area is 70.3 Å². The molecule has 0 heterocycles. The lowest BCUT2D eigenvalue weighted by Crippen LogP contribution is -2.43. The average Bonchev–Trinajstić information content (AvgIpc) is 1.62. The van der Waals surface area contributed by atoms with Crippen LogP contribution in [-0.2, 0) is 4.79 Å². The zero-order chi connectivity index (χ0) is 7.65. The summed E-state index contributed by atoms with van der Waals surface area (Å²) in [6, 6.07) is 0. The molecule has 9 heavy (non-hydrogen) atoms. The largest absolute Gasteiger partial charge is 0.369 e. The van der Waals surface area contributed by atoms with E-state index in [0.29, 0.717) is 0 Å². The van der Waals surface area contributed by atoms with E-state index in [1.54, 1.807) is 0 Å². The van der Waals surface area contributed by atoms with Gasteiger partial charge < -0.3 is 5.73 Å². The Morgan fingerprint density at radius 2 is 1.89 bits per heavy atom. The lowest BCUT2D eigenvalue weighted by molar-refractivity contribution is -0.116. The molecule has 0 fully saturated rings. The highest BCUT2D eigenvalue weighted by molar-refractivity contribution is 14.1. The van der Waals surface area contributed by atoms with Crippen LogP contribution in [0.5, 0.6) is 0 Å². The molecule has 0 aliphatic heterocycles. The van der Waals surface area contributed by atoms with Crippen molar-refractivity contribution in [3.05, 3.63) is 0 Å². The fraction of sp³-hybridized carbons (Fsp3) is 0.800. The smallest absolute Gasteiger partial charge is 0.227 e. The van der Waals surface area contributed by atoms with E-state index in [4.69, 9.17) is 5.73 Å². The summed E-state index contributed by atoms with van der Waals surface area (Å²) in [5, 5.41) is 0. The molecular formula is C5H12INOSi. The summed E-state index contributed by atoms with van der Waals surface area (Å²) in [5.74, 6) is -0.172. The predicted molar refractivity (Wildman–Crippen MR) is 50.3 cm³/mol. The van der Waals surface area contributed by atoms with Gasteiger partial charge in [-0.25, -0.2) is 0 Å². The number of hydrogen-bond acceptors (Lipinski definition) is 1. The SMILES string of the molecule is C[Si](C)(C)C(I)C(N)=O. The third kappa shape index (κ3) is 3.19. The Morgan fingerprint density at radius 1 is 1.56 bits per heavy atom. The Hall–Kier alpha value is 0.417. The van der Waals surface area contributed by atoms with Gasteiger partial charge in [0.15, 0.2) is 0 Å². The van der Waals surface area contributed by atoms with Crippen molar-refractivity contribution in [1.29, 1.82) is 0 Å². The van der Waals surface area contributed by atoms with Crippen molar-refractivity contribution >= 4 is 36.6 Å². The molecule has 0 spiro atoms. The quantitative estimate of drug-likeness (QED) is 0.450. The van der Waals surface area contributed by atoms with E-state index in [-0.39, 0.29) is 9.46 Å². The number of rotatable bonds is 2. The van der Waals surface area contributed by atoms with E-state index < -0.39 is 8.07 Å². The summed E-state index contributed by atoms with van der Waals surface area (Å²) in [6.07, 6.45) is 0. The topological polar surface area (TPSA) is 43.1 Å². The van der Waals surface area contributed by atoms with Gasteiger partial charge in [-0.1, -0.05) is 42.2 Å². The van der Waals surface area contributed by atoms with Crippen LogP contribution in [0.4, 0.5) is 0 Å². The van der Waals surface area contributed by atoms with Gasteiger partial charge in [-0.15, -0.1) is 0 Å². The van der Waals surface area contributed by atoms with Crippen molar-refractivity contribution in [2.75, 3.05) is 0 Å². The first-order chi connectivity index (χ1) is 3.85. The van der Waals surface area contributed by atoms with Gasteiger partial charge in [0, 0.05) is 0 Å². The van der Waals surface area contributed by atoms with Crippen molar-refractivity contribution in [2.24, 2.45) is 5.73 Å². The van der Waals surface area contributed by atoms with E-state index in [2.05, 4.69) is 42.2 Å². The Bertz CT molecular complexity index is 121. The number of alkyl halides is 1. The molecule has 0 bridgehead atoms. The second-order valence-electron chi connectivity index (χ2n) is 3.13. The van der Waals surface area contributed by atoms with Crippen LogP contribution in [0.2, 0.25) is 19.6 Å².